The van der Waals surface area contributed by atoms with Crippen LogP contribution in [0.15, 0.2) is 0 Å². The van der Waals surface area contributed by atoms with Crippen molar-refractivity contribution in [2.75, 3.05) is 26.3 Å². The van der Waals surface area contributed by atoms with Gasteiger partial charge in [0.1, 0.15) is 6.04 Å². The van der Waals surface area contributed by atoms with Gasteiger partial charge in [-0.3, -0.25) is 4.79 Å². The molecule has 0 radical (unpaired) electrons. The van der Waals surface area contributed by atoms with E-state index >= 15 is 0 Å². The Balaban J connectivity index is 3.57. The lowest BCUT2D eigenvalue weighted by Gasteiger charge is -2.12. The van der Waals surface area contributed by atoms with Gasteiger partial charge in [-0.25, -0.2) is 4.79 Å². The van der Waals surface area contributed by atoms with Crippen molar-refractivity contribution in [3.05, 3.63) is 0 Å². The largest absolute Gasteiger partial charge is 0.480 e. The Morgan fingerprint density at radius 1 is 1.06 bits per heavy atom. The number of hydrogen-bond acceptors (Lipinski definition) is 5. The minimum absolute atomic E-state index is 0.132. The Morgan fingerprint density at radius 3 is 2.00 bits per heavy atom. The Bertz CT molecular complexity index is 258. The van der Waals surface area contributed by atoms with Crippen molar-refractivity contribution in [1.29, 1.82) is 0 Å². The second-order valence-corrected chi connectivity index (χ2v) is 3.94. The summed E-state index contributed by atoms with van der Waals surface area (Å²) in [4.78, 5) is 21.6. The Labute approximate surface area is 105 Å². The molecule has 0 fully saturated rings. The monoisotopic (exact) mass is 263 g/mol. The van der Waals surface area contributed by atoms with Crippen LogP contribution in [0.4, 0.5) is 4.79 Å². The van der Waals surface area contributed by atoms with E-state index in [2.05, 4.69) is 10.6 Å². The molecule has 2 amide bonds. The maximum atomic E-state index is 11.2. The number of rotatable bonds is 9. The van der Waals surface area contributed by atoms with E-state index in [1.165, 1.54) is 0 Å². The number of carboxylic acids is 1. The number of aliphatic hydroxyl groups is 2. The van der Waals surface area contributed by atoms with E-state index in [4.69, 9.17) is 21.1 Å². The lowest BCUT2D eigenvalue weighted by molar-refractivity contribution is -0.138. The maximum Gasteiger partial charge on any atom is 0.320 e. The summed E-state index contributed by atoms with van der Waals surface area (Å²) in [5.74, 6) is -1.35. The summed E-state index contributed by atoms with van der Waals surface area (Å²) < 4.78 is 0. The van der Waals surface area contributed by atoms with Crippen LogP contribution in [-0.2, 0) is 4.79 Å². The lowest BCUT2D eigenvalue weighted by Crippen LogP contribution is -2.40. The first-order chi connectivity index (χ1) is 8.51. The van der Waals surface area contributed by atoms with Crippen LogP contribution in [0.5, 0.6) is 0 Å². The lowest BCUT2D eigenvalue weighted by atomic mass is 10.1. The van der Waals surface area contributed by atoms with Gasteiger partial charge in [0.25, 0.3) is 0 Å². The molecule has 8 heteroatoms. The van der Waals surface area contributed by atoms with E-state index in [1.54, 1.807) is 0 Å². The second-order valence-electron chi connectivity index (χ2n) is 3.94. The maximum absolute atomic E-state index is 11.2. The fourth-order valence-corrected chi connectivity index (χ4v) is 1.16. The minimum Gasteiger partial charge on any atom is -0.480 e. The predicted molar refractivity (Wildman–Crippen MR) is 63.9 cm³/mol. The molecular weight excluding hydrogens is 242 g/mol. The van der Waals surface area contributed by atoms with Crippen molar-refractivity contribution < 1.29 is 24.9 Å². The van der Waals surface area contributed by atoms with Crippen molar-refractivity contribution in [2.45, 2.75) is 18.9 Å². The number of aliphatic carboxylic acids is 1. The SMILES string of the molecule is NC(CCNC(=O)NCCC(CO)CO)C(=O)O. The van der Waals surface area contributed by atoms with Crippen molar-refractivity contribution in [3.63, 3.8) is 0 Å². The van der Waals surface area contributed by atoms with Crippen LogP contribution in [0.1, 0.15) is 12.8 Å². The van der Waals surface area contributed by atoms with Gasteiger partial charge in [0.15, 0.2) is 0 Å². The quantitative estimate of drug-likeness (QED) is 0.286. The number of carbonyl (C=O) groups is 2. The van der Waals surface area contributed by atoms with Gasteiger partial charge < -0.3 is 31.7 Å². The summed E-state index contributed by atoms with van der Waals surface area (Å²) in [7, 11) is 0. The normalized spacial score (nSPS) is 12.2. The highest BCUT2D eigenvalue weighted by molar-refractivity contribution is 5.74. The highest BCUT2D eigenvalue weighted by atomic mass is 16.4. The van der Waals surface area contributed by atoms with Gasteiger partial charge in [0.05, 0.1) is 0 Å². The van der Waals surface area contributed by atoms with Gasteiger partial charge in [0.2, 0.25) is 0 Å². The number of aliphatic hydroxyl groups excluding tert-OH is 2. The molecule has 0 aromatic carbocycles. The summed E-state index contributed by atoms with van der Waals surface area (Å²) in [5, 5.41) is 31.1. The third kappa shape index (κ3) is 7.82. The topological polar surface area (TPSA) is 145 Å². The van der Waals surface area contributed by atoms with Crippen molar-refractivity contribution >= 4 is 12.0 Å². The van der Waals surface area contributed by atoms with E-state index in [1.807, 2.05) is 0 Å². The zero-order valence-electron chi connectivity index (χ0n) is 10.1. The molecule has 0 aliphatic heterocycles. The van der Waals surface area contributed by atoms with Crippen molar-refractivity contribution in [2.24, 2.45) is 11.7 Å². The number of hydrogen-bond donors (Lipinski definition) is 6. The molecular formula is C10H21N3O5. The third-order valence-corrected chi connectivity index (χ3v) is 2.41. The molecule has 0 saturated heterocycles. The zero-order chi connectivity index (χ0) is 14.0. The van der Waals surface area contributed by atoms with E-state index in [0.717, 1.165) is 0 Å². The van der Waals surface area contributed by atoms with E-state index in [9.17, 15) is 9.59 Å². The van der Waals surface area contributed by atoms with Crippen LogP contribution in [0.3, 0.4) is 0 Å². The molecule has 106 valence electrons. The summed E-state index contributed by atoms with van der Waals surface area (Å²) in [5.41, 5.74) is 5.25. The Morgan fingerprint density at radius 2 is 1.56 bits per heavy atom. The van der Waals surface area contributed by atoms with Crippen LogP contribution in [0.2, 0.25) is 0 Å². The average molecular weight is 263 g/mol. The Hall–Kier alpha value is -1.38. The van der Waals surface area contributed by atoms with Crippen LogP contribution in [-0.4, -0.2) is 59.7 Å². The van der Waals surface area contributed by atoms with E-state index in [0.29, 0.717) is 13.0 Å². The fraction of sp³-hybridized carbons (Fsp3) is 0.800. The summed E-state index contributed by atoms with van der Waals surface area (Å²) in [6.07, 6.45) is 0.619. The smallest absolute Gasteiger partial charge is 0.320 e. The third-order valence-electron chi connectivity index (χ3n) is 2.41. The molecule has 0 heterocycles. The van der Waals surface area contributed by atoms with Crippen LogP contribution in [0, 0.1) is 5.92 Å². The molecule has 0 aliphatic carbocycles. The molecule has 0 spiro atoms. The molecule has 1 unspecified atom stereocenters. The molecule has 0 aliphatic rings. The molecule has 0 aromatic rings. The Kier molecular flexibility index (Phi) is 8.89. The molecule has 1 atom stereocenters. The summed E-state index contributed by atoms with van der Waals surface area (Å²) in [6.45, 7) is 0.228. The van der Waals surface area contributed by atoms with Gasteiger partial charge in [0, 0.05) is 32.2 Å². The molecule has 0 saturated carbocycles. The van der Waals surface area contributed by atoms with E-state index in [-0.39, 0.29) is 32.1 Å². The highest BCUT2D eigenvalue weighted by Gasteiger charge is 2.11. The van der Waals surface area contributed by atoms with Gasteiger partial charge in [-0.2, -0.15) is 0 Å². The van der Waals surface area contributed by atoms with Gasteiger partial charge in [-0.05, 0) is 12.8 Å². The van der Waals surface area contributed by atoms with Crippen LogP contribution < -0.4 is 16.4 Å². The van der Waals surface area contributed by atoms with Crippen LogP contribution >= 0.6 is 0 Å². The molecule has 18 heavy (non-hydrogen) atoms. The first-order valence-corrected chi connectivity index (χ1v) is 5.73. The highest BCUT2D eigenvalue weighted by Crippen LogP contribution is 1.98. The number of carboxylic acid groups (broad SMARTS) is 1. The molecule has 0 aromatic heterocycles. The number of nitrogens with two attached hydrogens (primary N) is 1. The average Bonchev–Trinajstić information content (AvgIpc) is 2.34. The van der Waals surface area contributed by atoms with Gasteiger partial charge >= 0.3 is 12.0 Å². The van der Waals surface area contributed by atoms with E-state index < -0.39 is 18.0 Å². The minimum atomic E-state index is -1.11. The summed E-state index contributed by atoms with van der Waals surface area (Å²) in [6, 6.07) is -1.42. The molecule has 7 N–H and O–H groups in total. The zero-order valence-corrected chi connectivity index (χ0v) is 10.1. The van der Waals surface area contributed by atoms with Gasteiger partial charge in [-0.1, -0.05) is 0 Å². The van der Waals surface area contributed by atoms with Crippen molar-refractivity contribution in [3.8, 4) is 0 Å². The number of nitrogens with one attached hydrogen (secondary N) is 2. The van der Waals surface area contributed by atoms with Gasteiger partial charge in [-0.15, -0.1) is 0 Å². The number of amides is 2. The molecule has 8 nitrogen and oxygen atoms in total. The number of carbonyl (C=O) groups excluding carboxylic acids is 1. The van der Waals surface area contributed by atoms with Crippen molar-refractivity contribution in [1.82, 2.24) is 10.6 Å². The number of urea groups is 1. The fourth-order valence-electron chi connectivity index (χ4n) is 1.16. The molecule has 0 bridgehead atoms. The molecule has 0 rings (SSSR count). The van der Waals surface area contributed by atoms with Crippen LogP contribution in [0.25, 0.3) is 0 Å². The second kappa shape index (κ2) is 9.63. The summed E-state index contributed by atoms with van der Waals surface area (Å²) >= 11 is 0. The standard InChI is InChI=1S/C10H21N3O5/c11-8(9(16)17)2-4-13-10(18)12-3-1-7(5-14)6-15/h7-8,14-15H,1-6,11H2,(H,16,17)(H2,12,13,18). The first kappa shape index (κ1) is 16.6. The predicted octanol–water partition coefficient (Wildman–Crippen LogP) is -1.92. The first-order valence-electron chi connectivity index (χ1n) is 5.73.